The highest BCUT2D eigenvalue weighted by molar-refractivity contribution is 6.50. The molecule has 0 saturated heterocycles. The Morgan fingerprint density at radius 1 is 1.50 bits per heavy atom. The van der Waals surface area contributed by atoms with Gasteiger partial charge < -0.3 is 20.2 Å². The van der Waals surface area contributed by atoms with Gasteiger partial charge in [-0.1, -0.05) is 12.1 Å². The van der Waals surface area contributed by atoms with E-state index < -0.39 is 0 Å². The fourth-order valence-electron chi connectivity index (χ4n) is 1.44. The molecule has 1 aliphatic rings. The van der Waals surface area contributed by atoms with Gasteiger partial charge in [-0.25, -0.2) is 0 Å². The van der Waals surface area contributed by atoms with E-state index in [1.807, 2.05) is 18.2 Å². The first-order valence-corrected chi connectivity index (χ1v) is 5.30. The van der Waals surface area contributed by atoms with Crippen molar-refractivity contribution in [2.75, 3.05) is 20.3 Å². The molecule has 1 radical (unpaired) electrons. The molecule has 4 nitrogen and oxygen atoms in total. The predicted octanol–water partition coefficient (Wildman–Crippen LogP) is -0.203. The molecule has 0 saturated carbocycles. The van der Waals surface area contributed by atoms with Crippen molar-refractivity contribution in [2.24, 2.45) is 5.73 Å². The number of rotatable bonds is 4. The summed E-state index contributed by atoms with van der Waals surface area (Å²) in [7, 11) is 3.23. The van der Waals surface area contributed by atoms with Crippen molar-refractivity contribution in [2.45, 2.75) is 13.0 Å². The third-order valence-corrected chi connectivity index (χ3v) is 2.16. The number of fused-ring (bicyclic) bond motifs is 1. The molecule has 0 spiro atoms. The Morgan fingerprint density at radius 2 is 2.31 bits per heavy atom. The minimum Gasteiger partial charge on any atom is -0.494 e. The van der Waals surface area contributed by atoms with Crippen LogP contribution in [0, 0.1) is 0 Å². The van der Waals surface area contributed by atoms with Gasteiger partial charge in [-0.05, 0) is 24.1 Å². The van der Waals surface area contributed by atoms with E-state index in [4.69, 9.17) is 14.5 Å². The molecule has 87 valence electrons. The second-order valence-electron chi connectivity index (χ2n) is 3.18. The molecule has 1 aromatic rings. The largest absolute Gasteiger partial charge is 0.494 e. The van der Waals surface area contributed by atoms with Crippen molar-refractivity contribution < 1.29 is 14.5 Å². The summed E-state index contributed by atoms with van der Waals surface area (Å²) in [5.74, 6) is 0.841. The van der Waals surface area contributed by atoms with Crippen LogP contribution in [-0.2, 0) is 11.3 Å². The summed E-state index contributed by atoms with van der Waals surface area (Å²) < 4.78 is 10.7. The van der Waals surface area contributed by atoms with Crippen LogP contribution in [0.25, 0.3) is 0 Å². The maximum atomic E-state index is 8.63. The topological polar surface area (TPSA) is 64.7 Å². The molecule has 1 aromatic carbocycles. The van der Waals surface area contributed by atoms with E-state index in [0.717, 1.165) is 16.8 Å². The molecule has 2 rings (SSSR count). The fourth-order valence-corrected chi connectivity index (χ4v) is 1.44. The van der Waals surface area contributed by atoms with E-state index in [9.17, 15) is 0 Å². The van der Waals surface area contributed by atoms with Gasteiger partial charge in [-0.3, -0.25) is 0 Å². The molecular formula is C11H17BNO3. The van der Waals surface area contributed by atoms with Crippen LogP contribution in [0.4, 0.5) is 0 Å². The van der Waals surface area contributed by atoms with Crippen LogP contribution in [0.1, 0.15) is 12.0 Å². The lowest BCUT2D eigenvalue weighted by molar-refractivity contribution is 0.234. The van der Waals surface area contributed by atoms with Crippen molar-refractivity contribution >= 4 is 12.9 Å². The zero-order chi connectivity index (χ0) is 11.8. The van der Waals surface area contributed by atoms with Crippen molar-refractivity contribution in [1.82, 2.24) is 0 Å². The Bertz CT molecular complexity index is 320. The van der Waals surface area contributed by atoms with Gasteiger partial charge >= 0.3 is 7.48 Å². The number of nitrogens with two attached hydrogens (primary N) is 1. The molecule has 0 atom stereocenters. The van der Waals surface area contributed by atoms with Crippen LogP contribution in [-0.4, -0.2) is 32.9 Å². The highest BCUT2D eigenvalue weighted by Crippen LogP contribution is 2.15. The molecule has 0 aliphatic carbocycles. The van der Waals surface area contributed by atoms with E-state index in [0.29, 0.717) is 19.6 Å². The summed E-state index contributed by atoms with van der Waals surface area (Å²) in [4.78, 5) is 0. The first-order chi connectivity index (χ1) is 7.92. The summed E-state index contributed by atoms with van der Waals surface area (Å²) >= 11 is 0. The van der Waals surface area contributed by atoms with Crippen LogP contribution >= 0.6 is 0 Å². The average molecular weight is 222 g/mol. The zero-order valence-electron chi connectivity index (χ0n) is 9.48. The van der Waals surface area contributed by atoms with Gasteiger partial charge in [0.15, 0.2) is 0 Å². The molecule has 16 heavy (non-hydrogen) atoms. The van der Waals surface area contributed by atoms with E-state index in [1.165, 1.54) is 7.05 Å². The molecule has 0 amide bonds. The summed E-state index contributed by atoms with van der Waals surface area (Å²) in [6.07, 6.45) is 0.657. The summed E-state index contributed by atoms with van der Waals surface area (Å²) in [6, 6.07) is 5.90. The Kier molecular flexibility index (Phi) is 5.92. The van der Waals surface area contributed by atoms with Crippen molar-refractivity contribution in [3.05, 3.63) is 23.8 Å². The Labute approximate surface area is 96.6 Å². The van der Waals surface area contributed by atoms with Crippen LogP contribution in [0.3, 0.4) is 0 Å². The van der Waals surface area contributed by atoms with Crippen molar-refractivity contribution in [1.29, 1.82) is 0 Å². The van der Waals surface area contributed by atoms with E-state index in [2.05, 4.69) is 5.73 Å². The summed E-state index contributed by atoms with van der Waals surface area (Å²) in [6.45, 7) is 1.34. The quantitative estimate of drug-likeness (QED) is 0.546. The Balaban J connectivity index is 0.000000606. The van der Waals surface area contributed by atoms with E-state index in [1.54, 1.807) is 7.48 Å². The van der Waals surface area contributed by atoms with Gasteiger partial charge in [-0.15, -0.1) is 0 Å². The third kappa shape index (κ3) is 3.23. The Hall–Kier alpha value is -1.04. The van der Waals surface area contributed by atoms with Gasteiger partial charge in [0.05, 0.1) is 13.2 Å². The molecule has 3 N–H and O–H groups in total. The number of hydrogen-bond donors (Lipinski definition) is 2. The Morgan fingerprint density at radius 3 is 3.06 bits per heavy atom. The fraction of sp³-hybridized carbons (Fsp3) is 0.455. The number of ether oxygens (including phenoxy) is 1. The smallest absolute Gasteiger partial charge is 0.334 e. The minimum atomic E-state index is 0.162. The number of aliphatic hydroxyl groups is 1. The molecule has 1 aliphatic heterocycles. The summed E-state index contributed by atoms with van der Waals surface area (Å²) in [5.41, 5.74) is 6.69. The number of hydrogen-bond acceptors (Lipinski definition) is 4. The average Bonchev–Trinajstić information content (AvgIpc) is 2.81. The highest BCUT2D eigenvalue weighted by atomic mass is 16.5. The molecule has 0 fully saturated rings. The van der Waals surface area contributed by atoms with Gasteiger partial charge in [-0.2, -0.15) is 0 Å². The monoisotopic (exact) mass is 222 g/mol. The zero-order valence-corrected chi connectivity index (χ0v) is 9.48. The molecule has 5 heteroatoms. The van der Waals surface area contributed by atoms with Crippen molar-refractivity contribution in [3.8, 4) is 5.75 Å². The van der Waals surface area contributed by atoms with Gasteiger partial charge in [0.25, 0.3) is 0 Å². The molecular weight excluding hydrogens is 205 g/mol. The van der Waals surface area contributed by atoms with E-state index >= 15 is 0 Å². The second kappa shape index (κ2) is 7.27. The molecule has 1 heterocycles. The maximum absolute atomic E-state index is 8.63. The van der Waals surface area contributed by atoms with Crippen LogP contribution in [0.15, 0.2) is 18.2 Å². The van der Waals surface area contributed by atoms with Gasteiger partial charge in [0.2, 0.25) is 0 Å². The van der Waals surface area contributed by atoms with E-state index in [-0.39, 0.29) is 6.61 Å². The molecule has 0 unspecified atom stereocenters. The minimum absolute atomic E-state index is 0.162. The lowest BCUT2D eigenvalue weighted by Crippen LogP contribution is -2.16. The first kappa shape index (κ1) is 13.0. The SMILES string of the molecule is CN.OCCCOc1cccc2c1[B]OC2. The molecule has 0 bridgehead atoms. The normalized spacial score (nSPS) is 12.2. The maximum Gasteiger partial charge on any atom is 0.334 e. The predicted molar refractivity (Wildman–Crippen MR) is 63.9 cm³/mol. The van der Waals surface area contributed by atoms with Crippen LogP contribution < -0.4 is 15.9 Å². The van der Waals surface area contributed by atoms with Crippen LogP contribution in [0.2, 0.25) is 0 Å². The van der Waals surface area contributed by atoms with Gasteiger partial charge in [0, 0.05) is 13.0 Å². The lowest BCUT2D eigenvalue weighted by atomic mass is 9.86. The lowest BCUT2D eigenvalue weighted by Gasteiger charge is -2.08. The van der Waals surface area contributed by atoms with Crippen LogP contribution in [0.5, 0.6) is 5.75 Å². The van der Waals surface area contributed by atoms with Gasteiger partial charge in [0.1, 0.15) is 5.75 Å². The summed E-state index contributed by atoms with van der Waals surface area (Å²) in [5, 5.41) is 8.63. The molecule has 0 aromatic heterocycles. The third-order valence-electron chi connectivity index (χ3n) is 2.16. The number of aliphatic hydroxyl groups excluding tert-OH is 1. The first-order valence-electron chi connectivity index (χ1n) is 5.30. The number of benzene rings is 1. The van der Waals surface area contributed by atoms with Crippen molar-refractivity contribution in [3.63, 3.8) is 0 Å². The highest BCUT2D eigenvalue weighted by Gasteiger charge is 2.17. The second-order valence-corrected chi connectivity index (χ2v) is 3.18. The standard InChI is InChI=1S/C10H12BO3.CH5N/c12-5-2-6-13-9-4-1-3-8-7-14-11-10(8)9;1-2/h1,3-4,12H,2,5-7H2;2H2,1H3.